The van der Waals surface area contributed by atoms with E-state index in [0.29, 0.717) is 70.0 Å². The Hall–Kier alpha value is -2.38. The van der Waals surface area contributed by atoms with Crippen LogP contribution in [0.2, 0.25) is 0 Å². The van der Waals surface area contributed by atoms with Crippen LogP contribution < -0.4 is 10.6 Å². The summed E-state index contributed by atoms with van der Waals surface area (Å²) in [5.74, 6) is 0.982. The number of guanidine groups is 1. The van der Waals surface area contributed by atoms with Gasteiger partial charge in [-0.2, -0.15) is 5.26 Å². The second kappa shape index (κ2) is 13.4. The van der Waals surface area contributed by atoms with Crippen LogP contribution in [0.25, 0.3) is 0 Å². The maximum atomic E-state index is 13.7. The minimum Gasteiger partial charge on any atom is -0.449 e. The van der Waals surface area contributed by atoms with Crippen molar-refractivity contribution < 1.29 is 19.1 Å². The summed E-state index contributed by atoms with van der Waals surface area (Å²) in [4.78, 5) is 35.5. The van der Waals surface area contributed by atoms with Crippen molar-refractivity contribution in [2.45, 2.75) is 82.2 Å². The molecule has 206 valence electrons. The lowest BCUT2D eigenvalue weighted by Crippen LogP contribution is -2.56. The molecule has 0 spiro atoms. The van der Waals surface area contributed by atoms with Crippen LogP contribution in [-0.4, -0.2) is 92.4 Å². The van der Waals surface area contributed by atoms with Crippen molar-refractivity contribution in [2.75, 3.05) is 53.0 Å². The molecule has 10 heteroatoms. The number of carbonyl (C=O) groups is 2. The Balaban J connectivity index is 1.52. The first kappa shape index (κ1) is 27.6. The highest BCUT2D eigenvalue weighted by atomic mass is 16.5. The van der Waals surface area contributed by atoms with Gasteiger partial charge in [-0.05, 0) is 51.0 Å². The molecule has 4 aliphatic rings. The van der Waals surface area contributed by atoms with Gasteiger partial charge in [-0.1, -0.05) is 38.5 Å². The van der Waals surface area contributed by atoms with Gasteiger partial charge in [0.05, 0.1) is 25.9 Å². The summed E-state index contributed by atoms with van der Waals surface area (Å²) in [5.41, 5.74) is -0.877. The monoisotopic (exact) mass is 516 g/mol. The van der Waals surface area contributed by atoms with Gasteiger partial charge in [0, 0.05) is 26.2 Å². The van der Waals surface area contributed by atoms with Crippen molar-refractivity contribution in [1.29, 1.82) is 5.26 Å². The van der Waals surface area contributed by atoms with Crippen LogP contribution in [0.1, 0.15) is 70.6 Å². The van der Waals surface area contributed by atoms with E-state index < -0.39 is 17.7 Å². The molecule has 1 atom stereocenters. The Bertz CT molecular complexity index is 834. The predicted molar refractivity (Wildman–Crippen MR) is 140 cm³/mol. The highest BCUT2D eigenvalue weighted by molar-refractivity contribution is 5.96. The van der Waals surface area contributed by atoms with Crippen LogP contribution in [0.3, 0.4) is 0 Å². The molecule has 2 saturated carbocycles. The zero-order chi connectivity index (χ0) is 26.1. The summed E-state index contributed by atoms with van der Waals surface area (Å²) in [7, 11) is 2.03. The summed E-state index contributed by atoms with van der Waals surface area (Å²) in [6, 6.07) is 1.71. The molecule has 1 unspecified atom stereocenters. The predicted octanol–water partition coefficient (Wildman–Crippen LogP) is 2.64. The third kappa shape index (κ3) is 8.05. The first-order chi connectivity index (χ1) is 18.0. The number of nitriles is 1. The van der Waals surface area contributed by atoms with Crippen LogP contribution in [-0.2, 0) is 14.3 Å². The van der Waals surface area contributed by atoms with Crippen molar-refractivity contribution in [3.63, 3.8) is 0 Å². The average molecular weight is 517 g/mol. The van der Waals surface area contributed by atoms with Gasteiger partial charge < -0.3 is 24.6 Å². The fourth-order valence-corrected chi connectivity index (χ4v) is 5.64. The van der Waals surface area contributed by atoms with Crippen LogP contribution >= 0.6 is 0 Å². The molecule has 2 saturated heterocycles. The molecule has 0 aromatic carbocycles. The van der Waals surface area contributed by atoms with Crippen molar-refractivity contribution in [3.05, 3.63) is 0 Å². The van der Waals surface area contributed by atoms with E-state index in [-0.39, 0.29) is 5.91 Å². The quantitative estimate of drug-likeness (QED) is 0.394. The van der Waals surface area contributed by atoms with E-state index in [2.05, 4.69) is 21.6 Å². The SMILES string of the molecule is CN1CCC(C#N)(NC(=O)C(CC2CCCCC2)N=C(NC(=O)OCC2CCC2)N2CCOCC2)CC1. The summed E-state index contributed by atoms with van der Waals surface area (Å²) in [6.45, 7) is 4.15. The molecule has 0 aromatic rings. The summed E-state index contributed by atoms with van der Waals surface area (Å²) in [5, 5.41) is 15.9. The first-order valence-electron chi connectivity index (χ1n) is 14.2. The lowest BCUT2D eigenvalue weighted by Gasteiger charge is -2.37. The Morgan fingerprint density at radius 1 is 1.05 bits per heavy atom. The van der Waals surface area contributed by atoms with Gasteiger partial charge in [0.15, 0.2) is 0 Å². The molecule has 2 heterocycles. The number of ether oxygens (including phenoxy) is 2. The number of morpholine rings is 1. The second-order valence-corrected chi connectivity index (χ2v) is 11.3. The number of hydrogen-bond acceptors (Lipinski definition) is 7. The van der Waals surface area contributed by atoms with E-state index in [1.165, 1.54) is 25.7 Å². The van der Waals surface area contributed by atoms with Crippen molar-refractivity contribution in [3.8, 4) is 6.07 Å². The molecular weight excluding hydrogens is 472 g/mol. The number of aliphatic imine (C=N–C) groups is 1. The van der Waals surface area contributed by atoms with E-state index in [0.717, 1.165) is 38.8 Å². The van der Waals surface area contributed by atoms with Gasteiger partial charge in [-0.15, -0.1) is 0 Å². The van der Waals surface area contributed by atoms with Crippen LogP contribution in [0.15, 0.2) is 4.99 Å². The van der Waals surface area contributed by atoms with Gasteiger partial charge in [0.2, 0.25) is 11.9 Å². The topological polar surface area (TPSA) is 119 Å². The molecule has 2 amide bonds. The molecule has 2 aliphatic carbocycles. The molecule has 2 N–H and O–H groups in total. The summed E-state index contributed by atoms with van der Waals surface area (Å²) in [6.07, 6.45) is 10.4. The maximum Gasteiger partial charge on any atom is 0.413 e. The molecule has 37 heavy (non-hydrogen) atoms. The maximum absolute atomic E-state index is 13.7. The smallest absolute Gasteiger partial charge is 0.413 e. The number of piperidine rings is 1. The normalized spacial score (nSPS) is 24.4. The molecule has 10 nitrogen and oxygen atoms in total. The van der Waals surface area contributed by atoms with Gasteiger partial charge in [-0.25, -0.2) is 9.79 Å². The van der Waals surface area contributed by atoms with Gasteiger partial charge in [0.25, 0.3) is 0 Å². The lowest BCUT2D eigenvalue weighted by molar-refractivity contribution is -0.124. The Kier molecular flexibility index (Phi) is 10.0. The second-order valence-electron chi connectivity index (χ2n) is 11.3. The molecule has 4 fully saturated rings. The average Bonchev–Trinajstić information content (AvgIpc) is 2.89. The van der Waals surface area contributed by atoms with E-state index in [9.17, 15) is 14.9 Å². The van der Waals surface area contributed by atoms with Crippen LogP contribution in [0, 0.1) is 23.2 Å². The first-order valence-corrected chi connectivity index (χ1v) is 14.2. The van der Waals surface area contributed by atoms with Gasteiger partial charge >= 0.3 is 6.09 Å². The van der Waals surface area contributed by atoms with E-state index in [1.54, 1.807) is 0 Å². The van der Waals surface area contributed by atoms with E-state index in [1.807, 2.05) is 11.9 Å². The van der Waals surface area contributed by atoms with E-state index in [4.69, 9.17) is 14.5 Å². The Labute approximate surface area is 221 Å². The van der Waals surface area contributed by atoms with Crippen molar-refractivity contribution in [2.24, 2.45) is 16.8 Å². The molecule has 0 aromatic heterocycles. The highest BCUT2D eigenvalue weighted by Crippen LogP contribution is 2.29. The lowest BCUT2D eigenvalue weighted by atomic mass is 9.84. The van der Waals surface area contributed by atoms with Crippen LogP contribution in [0.5, 0.6) is 0 Å². The molecule has 0 radical (unpaired) electrons. The summed E-state index contributed by atoms with van der Waals surface area (Å²) >= 11 is 0. The Morgan fingerprint density at radius 3 is 2.35 bits per heavy atom. The minimum absolute atomic E-state index is 0.230. The van der Waals surface area contributed by atoms with Crippen molar-refractivity contribution >= 4 is 18.0 Å². The zero-order valence-electron chi connectivity index (χ0n) is 22.4. The number of likely N-dealkylation sites (tertiary alicyclic amines) is 1. The third-order valence-corrected chi connectivity index (χ3v) is 8.48. The molecule has 2 aliphatic heterocycles. The number of carbonyl (C=O) groups excluding carboxylic acids is 2. The minimum atomic E-state index is -0.877. The molecular formula is C27H44N6O4. The Morgan fingerprint density at radius 2 is 1.73 bits per heavy atom. The van der Waals surface area contributed by atoms with Gasteiger partial charge in [0.1, 0.15) is 11.6 Å². The fraction of sp³-hybridized carbons (Fsp3) is 0.852. The number of nitrogens with zero attached hydrogens (tertiary/aromatic N) is 4. The number of amides is 2. The molecule has 0 bridgehead atoms. The van der Waals surface area contributed by atoms with E-state index >= 15 is 0 Å². The van der Waals surface area contributed by atoms with Gasteiger partial charge in [-0.3, -0.25) is 10.1 Å². The number of alkyl carbamates (subject to hydrolysis) is 1. The van der Waals surface area contributed by atoms with Crippen LogP contribution in [0.4, 0.5) is 4.79 Å². The third-order valence-electron chi connectivity index (χ3n) is 8.48. The zero-order valence-corrected chi connectivity index (χ0v) is 22.4. The molecule has 4 rings (SSSR count). The van der Waals surface area contributed by atoms with Crippen molar-refractivity contribution in [1.82, 2.24) is 20.4 Å². The number of hydrogen-bond donors (Lipinski definition) is 2. The number of rotatable bonds is 7. The standard InChI is InChI=1S/C27H44N6O4/c1-32-12-10-27(20-28,11-13-32)31-24(34)23(18-21-6-3-2-4-7-21)29-25(33-14-16-36-17-15-33)30-26(35)37-19-22-8-5-9-22/h21-23H,2-19H2,1H3,(H,31,34)(H,29,30,35). The fourth-order valence-electron chi connectivity index (χ4n) is 5.64. The highest BCUT2D eigenvalue weighted by Gasteiger charge is 2.38. The summed E-state index contributed by atoms with van der Waals surface area (Å²) < 4.78 is 11.0. The number of nitrogens with one attached hydrogen (secondary N) is 2. The largest absolute Gasteiger partial charge is 0.449 e.